The van der Waals surface area contributed by atoms with Crippen molar-refractivity contribution in [1.82, 2.24) is 10.2 Å². The van der Waals surface area contributed by atoms with Crippen LogP contribution in [0.25, 0.3) is 0 Å². The van der Waals surface area contributed by atoms with Gasteiger partial charge in [-0.3, -0.25) is 19.3 Å². The van der Waals surface area contributed by atoms with Gasteiger partial charge in [0.1, 0.15) is 6.54 Å². The zero-order valence-corrected chi connectivity index (χ0v) is 12.5. The van der Waals surface area contributed by atoms with Crippen LogP contribution >= 0.6 is 11.3 Å². The Kier molecular flexibility index (Phi) is 4.05. The quantitative estimate of drug-likeness (QED) is 0.858. The van der Waals surface area contributed by atoms with Crippen molar-refractivity contribution in [2.75, 3.05) is 6.54 Å². The van der Waals surface area contributed by atoms with Gasteiger partial charge < -0.3 is 5.32 Å². The molecule has 0 aromatic carbocycles. The van der Waals surface area contributed by atoms with Crippen LogP contribution in [0.15, 0.2) is 17.5 Å². The highest BCUT2D eigenvalue weighted by atomic mass is 32.1. The van der Waals surface area contributed by atoms with E-state index in [-0.39, 0.29) is 36.1 Å². The molecule has 2 fully saturated rings. The van der Waals surface area contributed by atoms with Crippen LogP contribution in [0.3, 0.4) is 0 Å². The summed E-state index contributed by atoms with van der Waals surface area (Å²) in [5, 5.41) is 4.70. The summed E-state index contributed by atoms with van der Waals surface area (Å²) < 4.78 is 0. The number of rotatable bonds is 4. The molecule has 2 aliphatic rings. The molecule has 0 radical (unpaired) electrons. The summed E-state index contributed by atoms with van der Waals surface area (Å²) in [5.41, 5.74) is 0. The molecule has 1 aromatic heterocycles. The highest BCUT2D eigenvalue weighted by molar-refractivity contribution is 7.09. The fourth-order valence-electron chi connectivity index (χ4n) is 3.19. The normalized spacial score (nSPS) is 25.0. The lowest BCUT2D eigenvalue weighted by Crippen LogP contribution is -2.40. The van der Waals surface area contributed by atoms with Crippen molar-refractivity contribution in [1.29, 1.82) is 0 Å². The molecular weight excluding hydrogens is 288 g/mol. The SMILES string of the molecule is O=C(CN1C(=O)[C@H]2CCCC[C@H]2C1=O)NCc1cccs1. The standard InChI is InChI=1S/C15H18N2O3S/c18-13(16-8-10-4-3-7-21-10)9-17-14(19)11-5-1-2-6-12(11)15(17)20/h3-4,7,11-12H,1-2,5-6,8-9H2,(H,16,18)/t11-,12+. The number of fused-ring (bicyclic) bond motifs is 1. The predicted molar refractivity (Wildman–Crippen MR) is 78.3 cm³/mol. The minimum Gasteiger partial charge on any atom is -0.350 e. The average molecular weight is 306 g/mol. The maximum absolute atomic E-state index is 12.2. The molecule has 0 unspecified atom stereocenters. The second kappa shape index (κ2) is 5.97. The second-order valence-corrected chi connectivity index (χ2v) is 6.65. The number of thiophene rings is 1. The zero-order valence-electron chi connectivity index (χ0n) is 11.7. The lowest BCUT2D eigenvalue weighted by molar-refractivity contribution is -0.143. The van der Waals surface area contributed by atoms with Gasteiger partial charge in [0.25, 0.3) is 0 Å². The van der Waals surface area contributed by atoms with Gasteiger partial charge in [0.05, 0.1) is 18.4 Å². The predicted octanol–water partition coefficient (Wildman–Crippen LogP) is 1.54. The van der Waals surface area contributed by atoms with Crippen molar-refractivity contribution in [3.05, 3.63) is 22.4 Å². The molecule has 3 rings (SSSR count). The zero-order chi connectivity index (χ0) is 14.8. The Hall–Kier alpha value is -1.69. The number of carbonyl (C=O) groups excluding carboxylic acids is 3. The molecule has 2 heterocycles. The topological polar surface area (TPSA) is 66.5 Å². The first-order chi connectivity index (χ1) is 10.2. The molecule has 112 valence electrons. The van der Waals surface area contributed by atoms with Gasteiger partial charge >= 0.3 is 0 Å². The number of likely N-dealkylation sites (tertiary alicyclic amines) is 1. The summed E-state index contributed by atoms with van der Waals surface area (Å²) in [6, 6.07) is 3.86. The van der Waals surface area contributed by atoms with E-state index in [1.807, 2.05) is 17.5 Å². The van der Waals surface area contributed by atoms with Gasteiger partial charge in [-0.25, -0.2) is 0 Å². The molecule has 1 saturated carbocycles. The number of nitrogens with one attached hydrogen (secondary N) is 1. The molecular formula is C15H18N2O3S. The highest BCUT2D eigenvalue weighted by Crippen LogP contribution is 2.37. The van der Waals surface area contributed by atoms with E-state index in [9.17, 15) is 14.4 Å². The third kappa shape index (κ3) is 2.85. The molecule has 5 nitrogen and oxygen atoms in total. The highest BCUT2D eigenvalue weighted by Gasteiger charge is 2.48. The van der Waals surface area contributed by atoms with Crippen LogP contribution in [-0.2, 0) is 20.9 Å². The summed E-state index contributed by atoms with van der Waals surface area (Å²) in [6.07, 6.45) is 3.56. The maximum atomic E-state index is 12.2. The Labute approximate surface area is 127 Å². The number of carbonyl (C=O) groups is 3. The van der Waals surface area contributed by atoms with Crippen LogP contribution in [0, 0.1) is 11.8 Å². The Morgan fingerprint density at radius 1 is 1.24 bits per heavy atom. The van der Waals surface area contributed by atoms with Crippen LogP contribution in [0.5, 0.6) is 0 Å². The number of hydrogen-bond acceptors (Lipinski definition) is 4. The Morgan fingerprint density at radius 3 is 2.48 bits per heavy atom. The van der Waals surface area contributed by atoms with E-state index in [0.29, 0.717) is 6.54 Å². The van der Waals surface area contributed by atoms with E-state index >= 15 is 0 Å². The van der Waals surface area contributed by atoms with Crippen molar-refractivity contribution >= 4 is 29.1 Å². The summed E-state index contributed by atoms with van der Waals surface area (Å²) >= 11 is 1.56. The van der Waals surface area contributed by atoms with Crippen molar-refractivity contribution in [2.45, 2.75) is 32.2 Å². The molecule has 3 amide bonds. The van der Waals surface area contributed by atoms with Crippen molar-refractivity contribution in [3.8, 4) is 0 Å². The lowest BCUT2D eigenvalue weighted by Gasteiger charge is -2.19. The minimum absolute atomic E-state index is 0.143. The van der Waals surface area contributed by atoms with Crippen LogP contribution < -0.4 is 5.32 Å². The number of nitrogens with zero attached hydrogens (tertiary/aromatic N) is 1. The van der Waals surface area contributed by atoms with E-state index < -0.39 is 0 Å². The molecule has 6 heteroatoms. The average Bonchev–Trinajstić information content (AvgIpc) is 3.09. The Morgan fingerprint density at radius 2 is 1.90 bits per heavy atom. The van der Waals surface area contributed by atoms with Crippen LogP contribution in [0.4, 0.5) is 0 Å². The van der Waals surface area contributed by atoms with Crippen LogP contribution in [0.2, 0.25) is 0 Å². The van der Waals surface area contributed by atoms with Crippen molar-refractivity contribution in [2.24, 2.45) is 11.8 Å². The van der Waals surface area contributed by atoms with Crippen LogP contribution in [-0.4, -0.2) is 29.2 Å². The fourth-order valence-corrected chi connectivity index (χ4v) is 3.83. The second-order valence-electron chi connectivity index (χ2n) is 5.62. The monoisotopic (exact) mass is 306 g/mol. The van der Waals surface area contributed by atoms with Gasteiger partial charge in [0.15, 0.2) is 0 Å². The van der Waals surface area contributed by atoms with E-state index in [1.54, 1.807) is 11.3 Å². The Balaban J connectivity index is 1.57. The third-order valence-electron chi connectivity index (χ3n) is 4.27. The lowest BCUT2D eigenvalue weighted by atomic mass is 9.81. The molecule has 0 bridgehead atoms. The molecule has 1 aliphatic carbocycles. The molecule has 1 N–H and O–H groups in total. The van der Waals surface area contributed by atoms with Gasteiger partial charge in [-0.1, -0.05) is 18.9 Å². The van der Waals surface area contributed by atoms with E-state index in [4.69, 9.17) is 0 Å². The molecule has 1 saturated heterocycles. The van der Waals surface area contributed by atoms with E-state index in [2.05, 4.69) is 5.32 Å². The van der Waals surface area contributed by atoms with Gasteiger partial charge in [-0.2, -0.15) is 0 Å². The molecule has 1 aromatic rings. The molecule has 1 aliphatic heterocycles. The fraction of sp³-hybridized carbons (Fsp3) is 0.533. The first kappa shape index (κ1) is 14.3. The smallest absolute Gasteiger partial charge is 0.240 e. The maximum Gasteiger partial charge on any atom is 0.240 e. The number of imide groups is 1. The summed E-state index contributed by atoms with van der Waals surface area (Å²) in [6.45, 7) is 0.301. The number of hydrogen-bond donors (Lipinski definition) is 1. The molecule has 2 atom stereocenters. The van der Waals surface area contributed by atoms with Crippen LogP contribution in [0.1, 0.15) is 30.6 Å². The van der Waals surface area contributed by atoms with Gasteiger partial charge in [0.2, 0.25) is 17.7 Å². The summed E-state index contributed by atoms with van der Waals surface area (Å²) in [5.74, 6) is -0.955. The van der Waals surface area contributed by atoms with Crippen molar-refractivity contribution < 1.29 is 14.4 Å². The first-order valence-corrected chi connectivity index (χ1v) is 8.19. The Bertz CT molecular complexity index is 531. The summed E-state index contributed by atoms with van der Waals surface area (Å²) in [7, 11) is 0. The van der Waals surface area contributed by atoms with Crippen molar-refractivity contribution in [3.63, 3.8) is 0 Å². The minimum atomic E-state index is -0.274. The van der Waals surface area contributed by atoms with Gasteiger partial charge in [-0.15, -0.1) is 11.3 Å². The first-order valence-electron chi connectivity index (χ1n) is 7.31. The molecule has 0 spiro atoms. The molecule has 21 heavy (non-hydrogen) atoms. The largest absolute Gasteiger partial charge is 0.350 e. The number of amides is 3. The van der Waals surface area contributed by atoms with E-state index in [1.165, 1.54) is 0 Å². The van der Waals surface area contributed by atoms with Gasteiger partial charge in [-0.05, 0) is 24.3 Å². The third-order valence-corrected chi connectivity index (χ3v) is 5.15. The van der Waals surface area contributed by atoms with E-state index in [0.717, 1.165) is 35.5 Å². The van der Waals surface area contributed by atoms with Gasteiger partial charge in [0, 0.05) is 4.88 Å². The summed E-state index contributed by atoms with van der Waals surface area (Å²) in [4.78, 5) is 38.6.